The molecule has 11 heteroatoms. The highest BCUT2D eigenvalue weighted by Gasteiger charge is 2.31. The van der Waals surface area contributed by atoms with Gasteiger partial charge in [-0.25, -0.2) is 13.5 Å². The summed E-state index contributed by atoms with van der Waals surface area (Å²) in [6, 6.07) is 6.43. The quantitative estimate of drug-likeness (QED) is 0.535. The zero-order valence-electron chi connectivity index (χ0n) is 18.7. The third-order valence-electron chi connectivity index (χ3n) is 6.53. The molecule has 0 N–H and O–H groups in total. The van der Waals surface area contributed by atoms with Crippen molar-refractivity contribution in [1.82, 2.24) is 24.8 Å². The van der Waals surface area contributed by atoms with E-state index in [0.717, 1.165) is 30.7 Å². The number of benzene rings is 1. The van der Waals surface area contributed by atoms with E-state index in [0.29, 0.717) is 30.8 Å². The summed E-state index contributed by atoms with van der Waals surface area (Å²) in [5.41, 5.74) is 2.29. The zero-order valence-corrected chi connectivity index (χ0v) is 19.5. The summed E-state index contributed by atoms with van der Waals surface area (Å²) in [5, 5.41) is 13.0. The third kappa shape index (κ3) is 4.20. The molecule has 1 saturated heterocycles. The summed E-state index contributed by atoms with van der Waals surface area (Å²) in [6.07, 6.45) is 1.90. The van der Waals surface area contributed by atoms with Crippen molar-refractivity contribution in [3.8, 4) is 0 Å². The largest absolute Gasteiger partial charge is 0.360 e. The number of anilines is 1. The molecule has 34 heavy (non-hydrogen) atoms. The highest BCUT2D eigenvalue weighted by Crippen LogP contribution is 2.32. The summed E-state index contributed by atoms with van der Waals surface area (Å²) < 4.78 is 35.5. The number of alkyl halides is 2. The molecule has 2 aliphatic rings. The number of hydrogen-bond donors (Lipinski definition) is 0. The fourth-order valence-corrected chi connectivity index (χ4v) is 4.93. The van der Waals surface area contributed by atoms with Crippen LogP contribution in [0.2, 0.25) is 5.02 Å². The Morgan fingerprint density at radius 3 is 2.85 bits per heavy atom. The lowest BCUT2D eigenvalue weighted by molar-refractivity contribution is -0.0424. The first-order chi connectivity index (χ1) is 16.4. The maximum atomic E-state index is 13.4. The maximum Gasteiger partial charge on any atom is 0.290 e. The molecular formula is C23H25ClF2N6O2. The molecule has 1 aromatic carbocycles. The van der Waals surface area contributed by atoms with Crippen LogP contribution < -0.4 is 10.5 Å². The zero-order chi connectivity index (χ0) is 23.8. The minimum absolute atomic E-state index is 0.00222. The van der Waals surface area contributed by atoms with Crippen LogP contribution >= 0.6 is 11.6 Å². The Morgan fingerprint density at radius 2 is 2.09 bits per heavy atom. The molecule has 5 rings (SSSR count). The van der Waals surface area contributed by atoms with Gasteiger partial charge in [0.05, 0.1) is 30.7 Å². The molecule has 3 aromatic rings. The normalized spacial score (nSPS) is 20.6. The SMILES string of the molecule is C[C@@H]1Cc2c(nnn2Cc2ccccc2C(F)F)CN1c1cnn(C2CCCCO2)c(=O)c1Cl. The summed E-state index contributed by atoms with van der Waals surface area (Å²) in [4.78, 5) is 14.9. The Morgan fingerprint density at radius 1 is 1.26 bits per heavy atom. The second-order valence-corrected chi connectivity index (χ2v) is 9.11. The van der Waals surface area contributed by atoms with Gasteiger partial charge in [0.1, 0.15) is 10.7 Å². The number of nitrogens with zero attached hydrogens (tertiary/aromatic N) is 6. The van der Waals surface area contributed by atoms with Crippen LogP contribution in [0.3, 0.4) is 0 Å². The van der Waals surface area contributed by atoms with Crippen molar-refractivity contribution in [3.63, 3.8) is 0 Å². The Kier molecular flexibility index (Phi) is 6.35. The van der Waals surface area contributed by atoms with Gasteiger partial charge in [0.2, 0.25) is 0 Å². The first-order valence-electron chi connectivity index (χ1n) is 11.4. The van der Waals surface area contributed by atoms with Gasteiger partial charge in [-0.3, -0.25) is 4.79 Å². The number of rotatable bonds is 5. The molecule has 0 bridgehead atoms. The molecular weight excluding hydrogens is 466 g/mol. The van der Waals surface area contributed by atoms with Gasteiger partial charge < -0.3 is 9.64 Å². The van der Waals surface area contributed by atoms with Crippen LogP contribution in [-0.2, 0) is 24.2 Å². The lowest BCUT2D eigenvalue weighted by Gasteiger charge is -2.35. The fourth-order valence-electron chi connectivity index (χ4n) is 4.68. The highest BCUT2D eigenvalue weighted by atomic mass is 35.5. The van der Waals surface area contributed by atoms with Crippen LogP contribution in [0.5, 0.6) is 0 Å². The van der Waals surface area contributed by atoms with E-state index in [9.17, 15) is 13.6 Å². The summed E-state index contributed by atoms with van der Waals surface area (Å²) >= 11 is 6.52. The third-order valence-corrected chi connectivity index (χ3v) is 6.89. The Labute approximate surface area is 200 Å². The molecule has 180 valence electrons. The highest BCUT2D eigenvalue weighted by molar-refractivity contribution is 6.33. The molecule has 1 fully saturated rings. The van der Waals surface area contributed by atoms with Gasteiger partial charge >= 0.3 is 0 Å². The Balaban J connectivity index is 1.40. The topological polar surface area (TPSA) is 78.1 Å². The lowest BCUT2D eigenvalue weighted by Crippen LogP contribution is -2.41. The summed E-state index contributed by atoms with van der Waals surface area (Å²) in [6.45, 7) is 3.22. The molecule has 2 aliphatic heterocycles. The molecule has 2 aromatic heterocycles. The molecule has 8 nitrogen and oxygen atoms in total. The Bertz CT molecular complexity index is 1240. The van der Waals surface area contributed by atoms with E-state index in [1.165, 1.54) is 10.7 Å². The van der Waals surface area contributed by atoms with E-state index in [1.807, 2.05) is 11.8 Å². The summed E-state index contributed by atoms with van der Waals surface area (Å²) in [5.74, 6) is 0. The smallest absolute Gasteiger partial charge is 0.290 e. The molecule has 1 unspecified atom stereocenters. The van der Waals surface area contributed by atoms with Crippen LogP contribution in [0.25, 0.3) is 0 Å². The molecule has 0 amide bonds. The summed E-state index contributed by atoms with van der Waals surface area (Å²) in [7, 11) is 0. The number of hydrogen-bond acceptors (Lipinski definition) is 6. The van der Waals surface area contributed by atoms with Crippen molar-refractivity contribution in [2.24, 2.45) is 0 Å². The van der Waals surface area contributed by atoms with Gasteiger partial charge in [0.15, 0.2) is 6.23 Å². The van der Waals surface area contributed by atoms with E-state index in [4.69, 9.17) is 16.3 Å². The average molecular weight is 491 g/mol. The number of halogens is 3. The van der Waals surface area contributed by atoms with E-state index >= 15 is 0 Å². The minimum Gasteiger partial charge on any atom is -0.360 e. The predicted octanol–water partition coefficient (Wildman–Crippen LogP) is 4.12. The number of aromatic nitrogens is 5. The van der Waals surface area contributed by atoms with E-state index < -0.39 is 12.7 Å². The predicted molar refractivity (Wildman–Crippen MR) is 122 cm³/mol. The van der Waals surface area contributed by atoms with Crippen LogP contribution in [-0.4, -0.2) is 37.4 Å². The second kappa shape index (κ2) is 9.42. The van der Waals surface area contributed by atoms with E-state index in [1.54, 1.807) is 29.1 Å². The molecule has 0 spiro atoms. The van der Waals surface area contributed by atoms with Gasteiger partial charge in [0.25, 0.3) is 12.0 Å². The van der Waals surface area contributed by atoms with Crippen molar-refractivity contribution >= 4 is 17.3 Å². The van der Waals surface area contributed by atoms with Gasteiger partial charge in [-0.1, -0.05) is 41.1 Å². The minimum atomic E-state index is -2.55. The van der Waals surface area contributed by atoms with Crippen molar-refractivity contribution < 1.29 is 13.5 Å². The van der Waals surface area contributed by atoms with E-state index in [2.05, 4.69) is 15.4 Å². The monoisotopic (exact) mass is 490 g/mol. The van der Waals surface area contributed by atoms with Crippen molar-refractivity contribution in [2.45, 2.75) is 64.4 Å². The molecule has 4 heterocycles. The van der Waals surface area contributed by atoms with Gasteiger partial charge in [-0.15, -0.1) is 5.10 Å². The maximum absolute atomic E-state index is 13.4. The first kappa shape index (κ1) is 22.9. The molecule has 0 saturated carbocycles. The second-order valence-electron chi connectivity index (χ2n) is 8.74. The lowest BCUT2D eigenvalue weighted by atomic mass is 10.0. The Hall–Kier alpha value is -2.85. The van der Waals surface area contributed by atoms with Crippen molar-refractivity contribution in [3.05, 3.63) is 68.4 Å². The first-order valence-corrected chi connectivity index (χ1v) is 11.7. The fraction of sp³-hybridized carbons (Fsp3) is 0.478. The van der Waals surface area contributed by atoms with Crippen LogP contribution in [0.4, 0.5) is 14.5 Å². The molecule has 0 aliphatic carbocycles. The van der Waals surface area contributed by atoms with E-state index in [-0.39, 0.29) is 28.7 Å². The van der Waals surface area contributed by atoms with Crippen molar-refractivity contribution in [1.29, 1.82) is 0 Å². The standard InChI is InChI=1S/C23H25ClF2N6O2/c1-14-10-18-17(28-29-31(18)12-15-6-2-3-7-16(15)22(25)26)13-30(14)19-11-27-32(23(33)21(19)24)20-8-4-5-9-34-20/h2-3,6-7,11,14,20,22H,4-5,8-10,12-13H2,1H3/t14-,20?/m1/s1. The van der Waals surface area contributed by atoms with Gasteiger partial charge in [-0.05, 0) is 31.7 Å². The molecule has 2 atom stereocenters. The van der Waals surface area contributed by atoms with Crippen LogP contribution in [0.15, 0.2) is 35.3 Å². The average Bonchev–Trinajstić information content (AvgIpc) is 3.22. The van der Waals surface area contributed by atoms with Crippen molar-refractivity contribution in [2.75, 3.05) is 11.5 Å². The van der Waals surface area contributed by atoms with Crippen LogP contribution in [0, 0.1) is 0 Å². The molecule has 0 radical (unpaired) electrons. The van der Waals surface area contributed by atoms with Gasteiger partial charge in [0, 0.05) is 24.6 Å². The van der Waals surface area contributed by atoms with Crippen LogP contribution in [0.1, 0.15) is 61.4 Å². The number of fused-ring (bicyclic) bond motifs is 1. The number of ether oxygens (including phenoxy) is 1. The van der Waals surface area contributed by atoms with Gasteiger partial charge in [-0.2, -0.15) is 9.78 Å².